The monoisotopic (exact) mass is 366 g/mol. The molecule has 8 nitrogen and oxygen atoms in total. The highest BCUT2D eigenvalue weighted by atomic mass is 16.6. The van der Waals surface area contributed by atoms with E-state index in [0.29, 0.717) is 17.0 Å². The molecule has 0 saturated carbocycles. The third-order valence-corrected chi connectivity index (χ3v) is 4.41. The van der Waals surface area contributed by atoms with E-state index in [-0.39, 0.29) is 5.69 Å². The van der Waals surface area contributed by atoms with Gasteiger partial charge in [-0.25, -0.2) is 0 Å². The first-order valence-corrected chi connectivity index (χ1v) is 8.24. The van der Waals surface area contributed by atoms with E-state index < -0.39 is 22.7 Å². The van der Waals surface area contributed by atoms with E-state index in [9.17, 15) is 19.7 Å². The summed E-state index contributed by atoms with van der Waals surface area (Å²) in [5.74, 6) is -1.11. The Morgan fingerprint density at radius 1 is 1.07 bits per heavy atom. The van der Waals surface area contributed by atoms with Crippen molar-refractivity contribution in [1.82, 2.24) is 10.3 Å². The van der Waals surface area contributed by atoms with Crippen LogP contribution in [0.5, 0.6) is 0 Å². The van der Waals surface area contributed by atoms with Crippen LogP contribution in [-0.2, 0) is 9.59 Å². The van der Waals surface area contributed by atoms with E-state index in [1.165, 1.54) is 17.0 Å². The Kier molecular flexibility index (Phi) is 4.89. The minimum Gasteiger partial charge on any atom is -0.328 e. The predicted molar refractivity (Wildman–Crippen MR) is 99.5 cm³/mol. The van der Waals surface area contributed by atoms with Gasteiger partial charge in [-0.1, -0.05) is 30.3 Å². The number of likely N-dealkylation sites (N-methyl/N-ethyl adjacent to an activating group) is 1. The Hall–Kier alpha value is -3.68. The van der Waals surface area contributed by atoms with Gasteiger partial charge in [0.1, 0.15) is 0 Å². The standard InChI is InChI=1S/C19H18N4O4/c1-12(20-21-14-8-10-15(11-9-14)23(26)27)16-17(13-6-4-3-5-7-13)22(2)19(25)18(16)24/h3-11,17,20-21H,1-2H3/b16-12-. The molecule has 0 aliphatic carbocycles. The first-order valence-electron chi connectivity index (χ1n) is 8.24. The van der Waals surface area contributed by atoms with Gasteiger partial charge in [-0.2, -0.15) is 0 Å². The van der Waals surface area contributed by atoms with Crippen LogP contribution in [0.1, 0.15) is 18.5 Å². The highest BCUT2D eigenvalue weighted by Gasteiger charge is 2.42. The van der Waals surface area contributed by atoms with E-state index in [0.717, 1.165) is 5.56 Å². The molecule has 1 aliphatic rings. The molecule has 1 unspecified atom stereocenters. The number of hydrogen-bond acceptors (Lipinski definition) is 6. The van der Waals surface area contributed by atoms with Crippen LogP contribution in [0.4, 0.5) is 11.4 Å². The lowest BCUT2D eigenvalue weighted by atomic mass is 9.97. The SMILES string of the molecule is C/C(NNc1ccc([N+](=O)[O-])cc1)=C1/C(=O)C(=O)N(C)C1c1ccccc1. The van der Waals surface area contributed by atoms with Gasteiger partial charge in [0.15, 0.2) is 0 Å². The van der Waals surface area contributed by atoms with Crippen molar-refractivity contribution in [2.24, 2.45) is 0 Å². The number of likely N-dealkylation sites (tertiary alicyclic amines) is 1. The molecule has 8 heteroatoms. The summed E-state index contributed by atoms with van der Waals surface area (Å²) in [6.45, 7) is 1.70. The van der Waals surface area contributed by atoms with Gasteiger partial charge in [0.05, 0.1) is 22.2 Å². The molecule has 2 aromatic rings. The Bertz CT molecular complexity index is 922. The molecule has 27 heavy (non-hydrogen) atoms. The van der Waals surface area contributed by atoms with Crippen LogP contribution in [-0.4, -0.2) is 28.6 Å². The van der Waals surface area contributed by atoms with Crippen molar-refractivity contribution in [1.29, 1.82) is 0 Å². The summed E-state index contributed by atoms with van der Waals surface area (Å²) in [5, 5.41) is 10.7. The third-order valence-electron chi connectivity index (χ3n) is 4.41. The van der Waals surface area contributed by atoms with Crippen molar-refractivity contribution in [2.45, 2.75) is 13.0 Å². The number of allylic oxidation sites excluding steroid dienone is 1. The van der Waals surface area contributed by atoms with Crippen LogP contribution in [0, 0.1) is 10.1 Å². The fourth-order valence-corrected chi connectivity index (χ4v) is 3.01. The molecule has 2 N–H and O–H groups in total. The number of rotatable bonds is 5. The minimum atomic E-state index is -0.560. The lowest BCUT2D eigenvalue weighted by Gasteiger charge is -2.22. The second-order valence-corrected chi connectivity index (χ2v) is 6.15. The Morgan fingerprint density at radius 3 is 2.30 bits per heavy atom. The second-order valence-electron chi connectivity index (χ2n) is 6.15. The molecular weight excluding hydrogens is 348 g/mol. The highest BCUT2D eigenvalue weighted by molar-refractivity contribution is 6.45. The number of hydrazine groups is 1. The number of benzene rings is 2. The van der Waals surface area contributed by atoms with Crippen LogP contribution in [0.25, 0.3) is 0 Å². The summed E-state index contributed by atoms with van der Waals surface area (Å²) < 4.78 is 0. The molecule has 1 saturated heterocycles. The van der Waals surface area contributed by atoms with Crippen molar-refractivity contribution in [3.05, 3.63) is 81.5 Å². The lowest BCUT2D eigenvalue weighted by molar-refractivity contribution is -0.384. The molecule has 0 bridgehead atoms. The van der Waals surface area contributed by atoms with Crippen molar-refractivity contribution in [2.75, 3.05) is 12.5 Å². The molecule has 0 aromatic heterocycles. The van der Waals surface area contributed by atoms with Crippen molar-refractivity contribution in [3.8, 4) is 0 Å². The average molecular weight is 366 g/mol. The van der Waals surface area contributed by atoms with E-state index in [1.54, 1.807) is 26.1 Å². The Morgan fingerprint density at radius 2 is 1.70 bits per heavy atom. The largest absolute Gasteiger partial charge is 0.328 e. The first-order chi connectivity index (χ1) is 12.9. The Labute approximate surface area is 155 Å². The van der Waals surface area contributed by atoms with Gasteiger partial charge < -0.3 is 15.8 Å². The summed E-state index contributed by atoms with van der Waals surface area (Å²) in [4.78, 5) is 36.3. The number of non-ortho nitro benzene ring substituents is 1. The summed E-state index contributed by atoms with van der Waals surface area (Å²) >= 11 is 0. The molecule has 1 amide bonds. The predicted octanol–water partition coefficient (Wildman–Crippen LogP) is 2.57. The molecular formula is C19H18N4O4. The molecule has 1 fully saturated rings. The summed E-state index contributed by atoms with van der Waals surface area (Å²) in [5.41, 5.74) is 8.09. The number of carbonyl (C=O) groups is 2. The van der Waals surface area contributed by atoms with E-state index in [2.05, 4.69) is 10.9 Å². The number of amides is 1. The normalized spacial score (nSPS) is 18.4. The number of carbonyl (C=O) groups excluding carboxylic acids is 2. The number of anilines is 1. The number of nitro benzene ring substituents is 1. The number of nitrogens with one attached hydrogen (secondary N) is 2. The lowest BCUT2D eigenvalue weighted by Crippen LogP contribution is -2.25. The van der Waals surface area contributed by atoms with Gasteiger partial charge in [0.2, 0.25) is 0 Å². The van der Waals surface area contributed by atoms with E-state index >= 15 is 0 Å². The zero-order valence-electron chi connectivity index (χ0n) is 14.8. The van der Waals surface area contributed by atoms with Crippen LogP contribution >= 0.6 is 0 Å². The maximum atomic E-state index is 12.5. The Balaban J connectivity index is 1.86. The second kappa shape index (κ2) is 7.28. The van der Waals surface area contributed by atoms with E-state index in [1.807, 2.05) is 30.3 Å². The van der Waals surface area contributed by atoms with Crippen LogP contribution in [0.3, 0.4) is 0 Å². The van der Waals surface area contributed by atoms with Crippen LogP contribution in [0.2, 0.25) is 0 Å². The summed E-state index contributed by atoms with van der Waals surface area (Å²) in [6.07, 6.45) is 0. The molecule has 3 rings (SSSR count). The summed E-state index contributed by atoms with van der Waals surface area (Å²) in [6, 6.07) is 14.7. The molecule has 2 aromatic carbocycles. The number of hydrogen-bond donors (Lipinski definition) is 2. The number of nitrogens with zero attached hydrogens (tertiary/aromatic N) is 2. The number of nitro groups is 1. The average Bonchev–Trinajstić information content (AvgIpc) is 2.91. The van der Waals surface area contributed by atoms with Gasteiger partial charge >= 0.3 is 0 Å². The fraction of sp³-hybridized carbons (Fsp3) is 0.158. The van der Waals surface area contributed by atoms with Gasteiger partial charge in [-0.3, -0.25) is 19.7 Å². The smallest absolute Gasteiger partial charge is 0.295 e. The zero-order valence-corrected chi connectivity index (χ0v) is 14.8. The molecule has 0 spiro atoms. The maximum absolute atomic E-state index is 12.5. The van der Waals surface area contributed by atoms with Crippen molar-refractivity contribution >= 4 is 23.1 Å². The molecule has 0 radical (unpaired) electrons. The number of Topliss-reactive ketones (excluding diaryl/α,β-unsaturated/α-hetero) is 1. The topological polar surface area (TPSA) is 105 Å². The zero-order chi connectivity index (χ0) is 19.6. The molecule has 1 aliphatic heterocycles. The maximum Gasteiger partial charge on any atom is 0.295 e. The van der Waals surface area contributed by atoms with Gasteiger partial charge in [0, 0.05) is 24.9 Å². The van der Waals surface area contributed by atoms with Crippen LogP contribution in [0.15, 0.2) is 65.9 Å². The fourth-order valence-electron chi connectivity index (χ4n) is 3.01. The van der Waals surface area contributed by atoms with Gasteiger partial charge in [0.25, 0.3) is 17.4 Å². The van der Waals surface area contributed by atoms with Gasteiger partial charge in [-0.05, 0) is 24.6 Å². The van der Waals surface area contributed by atoms with Crippen LogP contribution < -0.4 is 10.9 Å². The van der Waals surface area contributed by atoms with E-state index in [4.69, 9.17) is 0 Å². The number of ketones is 1. The molecule has 1 heterocycles. The molecule has 138 valence electrons. The highest BCUT2D eigenvalue weighted by Crippen LogP contribution is 2.35. The quantitative estimate of drug-likeness (QED) is 0.365. The van der Waals surface area contributed by atoms with Crippen molar-refractivity contribution < 1.29 is 14.5 Å². The summed E-state index contributed by atoms with van der Waals surface area (Å²) in [7, 11) is 1.60. The minimum absolute atomic E-state index is 0.0158. The molecule has 1 atom stereocenters. The van der Waals surface area contributed by atoms with Crippen molar-refractivity contribution in [3.63, 3.8) is 0 Å². The van der Waals surface area contributed by atoms with Gasteiger partial charge in [-0.15, -0.1) is 0 Å². The third kappa shape index (κ3) is 3.50. The first kappa shape index (κ1) is 18.1.